The quantitative estimate of drug-likeness (QED) is 0.541. The van der Waals surface area contributed by atoms with E-state index in [1.165, 1.54) is 0 Å². The summed E-state index contributed by atoms with van der Waals surface area (Å²) in [6.45, 7) is 12.7. The van der Waals surface area contributed by atoms with Gasteiger partial charge in [-0.25, -0.2) is 0 Å². The van der Waals surface area contributed by atoms with E-state index in [0.717, 1.165) is 54.4 Å². The zero-order valence-electron chi connectivity index (χ0n) is 20.4. The van der Waals surface area contributed by atoms with Crippen molar-refractivity contribution in [2.24, 2.45) is 5.41 Å². The van der Waals surface area contributed by atoms with E-state index in [9.17, 15) is 4.79 Å². The fourth-order valence-corrected chi connectivity index (χ4v) is 3.72. The van der Waals surface area contributed by atoms with Gasteiger partial charge in [0.1, 0.15) is 5.69 Å². The standard InChI is InChI=1S/C26H33N5O3/c1-18-5-6-20(28-15-19-11-21(16-27-14-19)31-7-9-33-10-8-31)12-22(18)23-13-24(34-30-23)25(32)29-17-26(2,3)4/h5-6,11-14,16,28H,7-10,15,17H2,1-4H3,(H,29,32). The fourth-order valence-electron chi connectivity index (χ4n) is 3.72. The summed E-state index contributed by atoms with van der Waals surface area (Å²) >= 11 is 0. The third-order valence-corrected chi connectivity index (χ3v) is 5.68. The van der Waals surface area contributed by atoms with Gasteiger partial charge in [-0.2, -0.15) is 0 Å². The topological polar surface area (TPSA) is 92.5 Å². The number of aryl methyl sites for hydroxylation is 1. The maximum Gasteiger partial charge on any atom is 0.289 e. The van der Waals surface area contributed by atoms with Crippen molar-refractivity contribution in [3.63, 3.8) is 0 Å². The predicted octanol–water partition coefficient (Wildman–Crippen LogP) is 4.27. The number of rotatable bonds is 7. The molecule has 8 nitrogen and oxygen atoms in total. The molecule has 180 valence electrons. The number of carbonyl (C=O) groups excluding carboxylic acids is 1. The smallest absolute Gasteiger partial charge is 0.289 e. The molecule has 0 atom stereocenters. The Morgan fingerprint density at radius 3 is 2.68 bits per heavy atom. The molecular weight excluding hydrogens is 430 g/mol. The van der Waals surface area contributed by atoms with Crippen LogP contribution < -0.4 is 15.5 Å². The number of benzene rings is 1. The first-order chi connectivity index (χ1) is 16.3. The molecule has 3 heterocycles. The maximum absolute atomic E-state index is 12.4. The molecule has 0 radical (unpaired) electrons. The fraction of sp³-hybridized carbons (Fsp3) is 0.423. The Labute approximate surface area is 200 Å². The van der Waals surface area contributed by atoms with E-state index in [4.69, 9.17) is 9.26 Å². The van der Waals surface area contributed by atoms with Crippen molar-refractivity contribution in [1.29, 1.82) is 0 Å². The maximum atomic E-state index is 12.4. The summed E-state index contributed by atoms with van der Waals surface area (Å²) in [5, 5.41) is 10.5. The highest BCUT2D eigenvalue weighted by molar-refractivity contribution is 5.92. The third kappa shape index (κ3) is 6.14. The number of nitrogens with one attached hydrogen (secondary N) is 2. The molecule has 1 amide bonds. The van der Waals surface area contributed by atoms with E-state index in [2.05, 4.69) is 52.5 Å². The molecular formula is C26H33N5O3. The van der Waals surface area contributed by atoms with Crippen LogP contribution in [0.5, 0.6) is 0 Å². The molecule has 0 unspecified atom stereocenters. The van der Waals surface area contributed by atoms with Gasteiger partial charge in [-0.1, -0.05) is 32.0 Å². The van der Waals surface area contributed by atoms with Crippen LogP contribution in [0.15, 0.2) is 47.2 Å². The number of nitrogens with zero attached hydrogens (tertiary/aromatic N) is 3. The summed E-state index contributed by atoms with van der Waals surface area (Å²) in [5.74, 6) is -0.0451. The van der Waals surface area contributed by atoms with E-state index >= 15 is 0 Å². The van der Waals surface area contributed by atoms with Crippen LogP contribution in [0.3, 0.4) is 0 Å². The highest BCUT2D eigenvalue weighted by atomic mass is 16.5. The van der Waals surface area contributed by atoms with Gasteiger partial charge >= 0.3 is 0 Å². The van der Waals surface area contributed by atoms with Gasteiger partial charge in [0.05, 0.1) is 25.1 Å². The van der Waals surface area contributed by atoms with Crippen molar-refractivity contribution < 1.29 is 14.1 Å². The van der Waals surface area contributed by atoms with Crippen LogP contribution in [0.4, 0.5) is 11.4 Å². The minimum Gasteiger partial charge on any atom is -0.381 e. The molecule has 34 heavy (non-hydrogen) atoms. The van der Waals surface area contributed by atoms with E-state index < -0.39 is 0 Å². The summed E-state index contributed by atoms with van der Waals surface area (Å²) in [6, 6.07) is 9.97. The van der Waals surface area contributed by atoms with Crippen LogP contribution in [-0.2, 0) is 11.3 Å². The van der Waals surface area contributed by atoms with Gasteiger partial charge in [0.2, 0.25) is 5.76 Å². The number of ether oxygens (including phenoxy) is 1. The normalized spacial score (nSPS) is 14.2. The minimum atomic E-state index is -0.256. The van der Waals surface area contributed by atoms with Gasteiger partial charge in [-0.05, 0) is 41.7 Å². The highest BCUT2D eigenvalue weighted by Crippen LogP contribution is 2.27. The molecule has 4 rings (SSSR count). The van der Waals surface area contributed by atoms with Gasteiger partial charge in [-0.3, -0.25) is 9.78 Å². The minimum absolute atomic E-state index is 0.00761. The first-order valence-corrected chi connectivity index (χ1v) is 11.6. The second-order valence-corrected chi connectivity index (χ2v) is 9.85. The molecule has 0 spiro atoms. The Bertz CT molecular complexity index is 1130. The van der Waals surface area contributed by atoms with Crippen LogP contribution in [0.25, 0.3) is 11.3 Å². The van der Waals surface area contributed by atoms with Crippen molar-refractivity contribution in [3.8, 4) is 11.3 Å². The van der Waals surface area contributed by atoms with E-state index in [-0.39, 0.29) is 17.1 Å². The molecule has 0 aliphatic carbocycles. The van der Waals surface area contributed by atoms with E-state index in [0.29, 0.717) is 18.8 Å². The van der Waals surface area contributed by atoms with E-state index in [1.54, 1.807) is 6.07 Å². The lowest BCUT2D eigenvalue weighted by atomic mass is 9.97. The second kappa shape index (κ2) is 10.3. The Balaban J connectivity index is 1.43. The van der Waals surface area contributed by atoms with Crippen molar-refractivity contribution in [2.75, 3.05) is 43.1 Å². The molecule has 3 aromatic rings. The molecule has 2 N–H and O–H groups in total. The molecule has 1 fully saturated rings. The number of carbonyl (C=O) groups is 1. The zero-order valence-corrected chi connectivity index (χ0v) is 20.4. The first kappa shape index (κ1) is 23.8. The van der Waals surface area contributed by atoms with Crippen LogP contribution >= 0.6 is 0 Å². The molecule has 0 saturated carbocycles. The monoisotopic (exact) mass is 463 g/mol. The van der Waals surface area contributed by atoms with Gasteiger partial charge in [0.25, 0.3) is 5.91 Å². The number of hydrogen-bond acceptors (Lipinski definition) is 7. The lowest BCUT2D eigenvalue weighted by molar-refractivity contribution is 0.0902. The summed E-state index contributed by atoms with van der Waals surface area (Å²) in [4.78, 5) is 19.1. The lowest BCUT2D eigenvalue weighted by Gasteiger charge is -2.28. The molecule has 0 bridgehead atoms. The summed E-state index contributed by atoms with van der Waals surface area (Å²) < 4.78 is 10.8. The summed E-state index contributed by atoms with van der Waals surface area (Å²) in [6.07, 6.45) is 3.78. The SMILES string of the molecule is Cc1ccc(NCc2cncc(N3CCOCC3)c2)cc1-c1cc(C(=O)NCC(C)(C)C)on1. The largest absolute Gasteiger partial charge is 0.381 e. The number of amides is 1. The van der Waals surface area contributed by atoms with Crippen molar-refractivity contribution in [1.82, 2.24) is 15.5 Å². The van der Waals surface area contributed by atoms with Crippen LogP contribution in [0.2, 0.25) is 0 Å². The van der Waals surface area contributed by atoms with Gasteiger partial charge in [-0.15, -0.1) is 0 Å². The number of morpholine rings is 1. The second-order valence-electron chi connectivity index (χ2n) is 9.85. The number of aromatic nitrogens is 2. The van der Waals surface area contributed by atoms with Gasteiger partial charge in [0, 0.05) is 49.7 Å². The Hall–Kier alpha value is -3.39. The Kier molecular flexibility index (Phi) is 7.17. The molecule has 1 aliphatic rings. The number of anilines is 2. The summed E-state index contributed by atoms with van der Waals surface area (Å²) in [7, 11) is 0. The van der Waals surface area contributed by atoms with E-state index in [1.807, 2.05) is 37.5 Å². The van der Waals surface area contributed by atoms with Crippen LogP contribution in [0, 0.1) is 12.3 Å². The third-order valence-electron chi connectivity index (χ3n) is 5.68. The molecule has 1 aliphatic heterocycles. The molecule has 1 saturated heterocycles. The van der Waals surface area contributed by atoms with Gasteiger partial charge < -0.3 is 24.8 Å². The van der Waals surface area contributed by atoms with Crippen molar-refractivity contribution >= 4 is 17.3 Å². The van der Waals surface area contributed by atoms with Crippen molar-refractivity contribution in [3.05, 3.63) is 59.6 Å². The number of hydrogen-bond donors (Lipinski definition) is 2. The van der Waals surface area contributed by atoms with Gasteiger partial charge in [0.15, 0.2) is 0 Å². The Morgan fingerprint density at radius 2 is 1.91 bits per heavy atom. The Morgan fingerprint density at radius 1 is 1.12 bits per heavy atom. The summed E-state index contributed by atoms with van der Waals surface area (Å²) in [5.41, 5.74) is 5.78. The predicted molar refractivity (Wildman–Crippen MR) is 133 cm³/mol. The van der Waals surface area contributed by atoms with Crippen molar-refractivity contribution in [2.45, 2.75) is 34.2 Å². The highest BCUT2D eigenvalue weighted by Gasteiger charge is 2.18. The molecule has 2 aromatic heterocycles. The zero-order chi connectivity index (χ0) is 24.1. The average Bonchev–Trinajstić information content (AvgIpc) is 3.32. The number of pyridine rings is 1. The molecule has 1 aromatic carbocycles. The first-order valence-electron chi connectivity index (χ1n) is 11.6. The van der Waals surface area contributed by atoms with Crippen LogP contribution in [0.1, 0.15) is 42.5 Å². The lowest BCUT2D eigenvalue weighted by Crippen LogP contribution is -2.36. The average molecular weight is 464 g/mol. The van der Waals surface area contributed by atoms with Crippen LogP contribution in [-0.4, -0.2) is 48.9 Å². The molecule has 8 heteroatoms.